The van der Waals surface area contributed by atoms with Crippen LogP contribution in [-0.2, 0) is 10.0 Å². The molecule has 1 unspecified atom stereocenters. The SMILES string of the molecule is CCC(NS(=O)(=O)c1cc(F)ccc1F)c1ncc[nH]1. The molecule has 0 bridgehead atoms. The van der Waals surface area contributed by atoms with Gasteiger partial charge in [-0.3, -0.25) is 0 Å². The van der Waals surface area contributed by atoms with Gasteiger partial charge in [-0.25, -0.2) is 26.9 Å². The molecule has 0 aliphatic carbocycles. The van der Waals surface area contributed by atoms with Crippen LogP contribution in [0.15, 0.2) is 35.5 Å². The Morgan fingerprint density at radius 1 is 1.40 bits per heavy atom. The summed E-state index contributed by atoms with van der Waals surface area (Å²) in [5.41, 5.74) is 0. The summed E-state index contributed by atoms with van der Waals surface area (Å²) in [5.74, 6) is -1.42. The van der Waals surface area contributed by atoms with Crippen LogP contribution < -0.4 is 4.72 Å². The number of halogens is 2. The molecule has 0 saturated heterocycles. The maximum Gasteiger partial charge on any atom is 0.244 e. The largest absolute Gasteiger partial charge is 0.347 e. The van der Waals surface area contributed by atoms with Gasteiger partial charge in [-0.2, -0.15) is 0 Å². The highest BCUT2D eigenvalue weighted by Crippen LogP contribution is 2.20. The Hall–Kier alpha value is -1.80. The van der Waals surface area contributed by atoms with Crippen LogP contribution in [-0.4, -0.2) is 18.4 Å². The number of aromatic amines is 1. The molecule has 1 heterocycles. The molecule has 1 aromatic carbocycles. The molecular weight excluding hydrogens is 288 g/mol. The van der Waals surface area contributed by atoms with Crippen molar-refractivity contribution in [2.75, 3.05) is 0 Å². The standard InChI is InChI=1S/C12H13F2N3O2S/c1-2-10(12-15-5-6-16-12)17-20(18,19)11-7-8(13)3-4-9(11)14/h3-7,10,17H,2H2,1H3,(H,15,16). The zero-order chi connectivity index (χ0) is 14.8. The zero-order valence-electron chi connectivity index (χ0n) is 10.6. The molecule has 2 N–H and O–H groups in total. The van der Waals surface area contributed by atoms with E-state index in [4.69, 9.17) is 0 Å². The van der Waals surface area contributed by atoms with Crippen molar-refractivity contribution in [2.45, 2.75) is 24.3 Å². The van der Waals surface area contributed by atoms with E-state index in [2.05, 4.69) is 14.7 Å². The summed E-state index contributed by atoms with van der Waals surface area (Å²) in [6, 6.07) is 1.64. The first-order valence-corrected chi connectivity index (χ1v) is 7.39. The van der Waals surface area contributed by atoms with Gasteiger partial charge < -0.3 is 4.98 Å². The van der Waals surface area contributed by atoms with Crippen molar-refractivity contribution in [2.24, 2.45) is 0 Å². The highest BCUT2D eigenvalue weighted by Gasteiger charge is 2.25. The summed E-state index contributed by atoms with van der Waals surface area (Å²) in [4.78, 5) is 6.02. The van der Waals surface area contributed by atoms with Crippen LogP contribution in [0.3, 0.4) is 0 Å². The average Bonchev–Trinajstić information content (AvgIpc) is 2.92. The van der Waals surface area contributed by atoms with Crippen LogP contribution in [0.4, 0.5) is 8.78 Å². The van der Waals surface area contributed by atoms with Gasteiger partial charge >= 0.3 is 0 Å². The molecule has 108 valence electrons. The third kappa shape index (κ3) is 3.02. The third-order valence-corrected chi connectivity index (χ3v) is 4.22. The summed E-state index contributed by atoms with van der Waals surface area (Å²) in [6.45, 7) is 1.75. The maximum atomic E-state index is 13.6. The van der Waals surface area contributed by atoms with Crippen LogP contribution in [0.25, 0.3) is 0 Å². The second-order valence-electron chi connectivity index (χ2n) is 4.13. The zero-order valence-corrected chi connectivity index (χ0v) is 11.4. The van der Waals surface area contributed by atoms with E-state index >= 15 is 0 Å². The first-order valence-electron chi connectivity index (χ1n) is 5.90. The van der Waals surface area contributed by atoms with E-state index in [9.17, 15) is 17.2 Å². The fraction of sp³-hybridized carbons (Fsp3) is 0.250. The first kappa shape index (κ1) is 14.6. The molecule has 0 fully saturated rings. The molecule has 0 spiro atoms. The fourth-order valence-corrected chi connectivity index (χ4v) is 3.11. The molecule has 2 rings (SSSR count). The summed E-state index contributed by atoms with van der Waals surface area (Å²) in [7, 11) is -4.18. The molecule has 0 saturated carbocycles. The molecule has 0 amide bonds. The van der Waals surface area contributed by atoms with Gasteiger partial charge in [0.1, 0.15) is 22.4 Å². The molecule has 0 aliphatic rings. The number of nitrogens with zero attached hydrogens (tertiary/aromatic N) is 1. The van der Waals surface area contributed by atoms with Gasteiger partial charge in [0.25, 0.3) is 0 Å². The van der Waals surface area contributed by atoms with Crippen molar-refractivity contribution in [3.05, 3.63) is 48.1 Å². The van der Waals surface area contributed by atoms with E-state index < -0.39 is 32.6 Å². The quantitative estimate of drug-likeness (QED) is 0.888. The van der Waals surface area contributed by atoms with Crippen molar-refractivity contribution in [1.29, 1.82) is 0 Å². The molecule has 20 heavy (non-hydrogen) atoms. The van der Waals surface area contributed by atoms with E-state index in [-0.39, 0.29) is 0 Å². The number of hydrogen-bond donors (Lipinski definition) is 2. The highest BCUT2D eigenvalue weighted by molar-refractivity contribution is 7.89. The molecule has 8 heteroatoms. The lowest BCUT2D eigenvalue weighted by Gasteiger charge is -2.15. The fourth-order valence-electron chi connectivity index (χ4n) is 1.73. The van der Waals surface area contributed by atoms with Crippen LogP contribution in [0.1, 0.15) is 25.2 Å². The smallest absolute Gasteiger partial charge is 0.244 e. The van der Waals surface area contributed by atoms with Gasteiger partial charge in [0, 0.05) is 12.4 Å². The van der Waals surface area contributed by atoms with Gasteiger partial charge in [-0.15, -0.1) is 0 Å². The monoisotopic (exact) mass is 301 g/mol. The van der Waals surface area contributed by atoms with E-state index in [0.29, 0.717) is 18.3 Å². The van der Waals surface area contributed by atoms with Crippen LogP contribution in [0, 0.1) is 11.6 Å². The molecular formula is C12H13F2N3O2S. The second kappa shape index (κ2) is 5.68. The number of sulfonamides is 1. The summed E-state index contributed by atoms with van der Waals surface area (Å²) < 4.78 is 53.2. The lowest BCUT2D eigenvalue weighted by Crippen LogP contribution is -2.29. The molecule has 5 nitrogen and oxygen atoms in total. The van der Waals surface area contributed by atoms with Gasteiger partial charge in [0.2, 0.25) is 10.0 Å². The van der Waals surface area contributed by atoms with Crippen LogP contribution >= 0.6 is 0 Å². The van der Waals surface area contributed by atoms with Crippen molar-refractivity contribution < 1.29 is 17.2 Å². The minimum atomic E-state index is -4.18. The first-order chi connectivity index (χ1) is 9.44. The molecule has 2 aromatic rings. The van der Waals surface area contributed by atoms with Gasteiger partial charge in [-0.05, 0) is 24.6 Å². The van der Waals surface area contributed by atoms with Gasteiger partial charge in [0.15, 0.2) is 0 Å². The van der Waals surface area contributed by atoms with Gasteiger partial charge in [-0.1, -0.05) is 6.92 Å². The topological polar surface area (TPSA) is 74.8 Å². The number of benzene rings is 1. The van der Waals surface area contributed by atoms with E-state index in [0.717, 1.165) is 12.1 Å². The van der Waals surface area contributed by atoms with Crippen molar-refractivity contribution >= 4 is 10.0 Å². The Morgan fingerprint density at radius 2 is 2.15 bits per heavy atom. The number of rotatable bonds is 5. The van der Waals surface area contributed by atoms with Crippen LogP contribution in [0.2, 0.25) is 0 Å². The Labute approximate surface area is 115 Å². The van der Waals surface area contributed by atoms with Crippen molar-refractivity contribution in [3.8, 4) is 0 Å². The van der Waals surface area contributed by atoms with Crippen molar-refractivity contribution in [1.82, 2.24) is 14.7 Å². The molecule has 0 aliphatic heterocycles. The lowest BCUT2D eigenvalue weighted by atomic mass is 10.2. The second-order valence-corrected chi connectivity index (χ2v) is 5.81. The molecule has 1 atom stereocenters. The Balaban J connectivity index is 2.33. The van der Waals surface area contributed by atoms with E-state index in [1.54, 1.807) is 13.1 Å². The number of nitrogens with one attached hydrogen (secondary N) is 2. The molecule has 1 aromatic heterocycles. The number of aromatic nitrogens is 2. The highest BCUT2D eigenvalue weighted by atomic mass is 32.2. The van der Waals surface area contributed by atoms with E-state index in [1.807, 2.05) is 0 Å². The average molecular weight is 301 g/mol. The molecule has 0 radical (unpaired) electrons. The third-order valence-electron chi connectivity index (χ3n) is 2.74. The summed E-state index contributed by atoms with van der Waals surface area (Å²) >= 11 is 0. The van der Waals surface area contributed by atoms with Crippen LogP contribution in [0.5, 0.6) is 0 Å². The Kier molecular flexibility index (Phi) is 4.15. The van der Waals surface area contributed by atoms with E-state index in [1.165, 1.54) is 6.20 Å². The summed E-state index contributed by atoms with van der Waals surface area (Å²) in [6.07, 6.45) is 3.44. The van der Waals surface area contributed by atoms with Gasteiger partial charge in [0.05, 0.1) is 6.04 Å². The lowest BCUT2D eigenvalue weighted by molar-refractivity contribution is 0.522. The number of H-pyrrole nitrogens is 1. The predicted octanol–water partition coefficient (Wildman–Crippen LogP) is 2.12. The minimum absolute atomic E-state index is 0.406. The minimum Gasteiger partial charge on any atom is -0.347 e. The Morgan fingerprint density at radius 3 is 2.75 bits per heavy atom. The predicted molar refractivity (Wildman–Crippen MR) is 68.3 cm³/mol. The number of imidazole rings is 1. The normalized spacial score (nSPS) is 13.3. The number of hydrogen-bond acceptors (Lipinski definition) is 3. The maximum absolute atomic E-state index is 13.6. The van der Waals surface area contributed by atoms with Crippen molar-refractivity contribution in [3.63, 3.8) is 0 Å². The Bertz CT molecular complexity index is 687. The summed E-state index contributed by atoms with van der Waals surface area (Å²) in [5, 5.41) is 0.